The molecule has 5 nitrogen and oxygen atoms in total. The normalized spacial score (nSPS) is 34.2. The number of hydrogen-bond donors (Lipinski definition) is 2. The van der Waals surface area contributed by atoms with Crippen molar-refractivity contribution in [3.05, 3.63) is 0 Å². The molecule has 4 bridgehead atoms. The van der Waals surface area contributed by atoms with Crippen LogP contribution in [0.15, 0.2) is 0 Å². The third-order valence-corrected chi connectivity index (χ3v) is 7.91. The number of hydrogen-bond acceptors (Lipinski definition) is 3. The van der Waals surface area contributed by atoms with Crippen molar-refractivity contribution in [1.29, 1.82) is 0 Å². The van der Waals surface area contributed by atoms with Crippen LogP contribution in [0.25, 0.3) is 0 Å². The topological polar surface area (TPSA) is 61.4 Å². The molecule has 0 aromatic carbocycles. The van der Waals surface area contributed by atoms with Gasteiger partial charge in [-0.25, -0.2) is 0 Å². The largest absolute Gasteiger partial charge is 0.355 e. The first-order chi connectivity index (χ1) is 13.1. The van der Waals surface area contributed by atoms with Gasteiger partial charge in [0.25, 0.3) is 0 Å². The molecule has 160 valence electrons. The molecule has 1 heterocycles. The highest BCUT2D eigenvalue weighted by Crippen LogP contribution is 2.60. The fourth-order valence-electron chi connectivity index (χ4n) is 6.84. The van der Waals surface area contributed by atoms with E-state index in [2.05, 4.69) is 10.6 Å². The van der Waals surface area contributed by atoms with Gasteiger partial charge < -0.3 is 15.5 Å². The monoisotopic (exact) mass is 411 g/mol. The maximum Gasteiger partial charge on any atom is 0.226 e. The van der Waals surface area contributed by atoms with Crippen molar-refractivity contribution in [3.63, 3.8) is 0 Å². The summed E-state index contributed by atoms with van der Waals surface area (Å²) in [6, 6.07) is 0. The lowest BCUT2D eigenvalue weighted by Gasteiger charge is -2.55. The lowest BCUT2D eigenvalue weighted by molar-refractivity contribution is -0.146. The summed E-state index contributed by atoms with van der Waals surface area (Å²) in [7, 11) is 2.00. The average molecular weight is 412 g/mol. The highest BCUT2D eigenvalue weighted by molar-refractivity contribution is 5.85. The third kappa shape index (κ3) is 4.67. The Morgan fingerprint density at radius 2 is 1.54 bits per heavy atom. The molecule has 4 aliphatic carbocycles. The van der Waals surface area contributed by atoms with E-state index in [1.165, 1.54) is 25.7 Å². The zero-order valence-corrected chi connectivity index (χ0v) is 18.2. The van der Waals surface area contributed by atoms with E-state index in [1.54, 1.807) is 0 Å². The summed E-state index contributed by atoms with van der Waals surface area (Å²) in [4.78, 5) is 27.5. The van der Waals surface area contributed by atoms with E-state index < -0.39 is 0 Å². The van der Waals surface area contributed by atoms with Crippen LogP contribution in [0.5, 0.6) is 0 Å². The van der Waals surface area contributed by atoms with Crippen molar-refractivity contribution in [3.8, 4) is 0 Å². The molecular formula is C22H38ClN3O2. The van der Waals surface area contributed by atoms with E-state index in [0.29, 0.717) is 13.0 Å². The Kier molecular flexibility index (Phi) is 7.30. The lowest BCUT2D eigenvalue weighted by Crippen LogP contribution is -2.54. The van der Waals surface area contributed by atoms with Crippen molar-refractivity contribution in [2.75, 3.05) is 33.2 Å². The number of amides is 2. The SMILES string of the molecule is CNCCC1CCN(C(=O)CCNC(=O)C23CC4CC(CC(C4)C2)C3)CC1.Cl. The smallest absolute Gasteiger partial charge is 0.226 e. The van der Waals surface area contributed by atoms with Crippen LogP contribution in [0.3, 0.4) is 0 Å². The number of carbonyl (C=O) groups excluding carboxylic acids is 2. The molecule has 2 amide bonds. The molecule has 5 aliphatic rings. The molecule has 1 saturated heterocycles. The van der Waals surface area contributed by atoms with Crippen LogP contribution in [0.2, 0.25) is 0 Å². The van der Waals surface area contributed by atoms with Crippen molar-refractivity contribution in [1.82, 2.24) is 15.5 Å². The standard InChI is InChI=1S/C22H37N3O2.ClH/c1-23-6-2-16-4-8-25(9-5-16)20(26)3-7-24-21(27)22-13-17-10-18(14-22)12-19(11-17)15-22;/h16-19,23H,2-15H2,1H3,(H,24,27);1H. The first kappa shape index (κ1) is 21.9. The van der Waals surface area contributed by atoms with Crippen LogP contribution in [0.4, 0.5) is 0 Å². The van der Waals surface area contributed by atoms with Crippen LogP contribution in [-0.4, -0.2) is 49.9 Å². The predicted molar refractivity (Wildman–Crippen MR) is 113 cm³/mol. The van der Waals surface area contributed by atoms with Gasteiger partial charge >= 0.3 is 0 Å². The van der Waals surface area contributed by atoms with E-state index in [9.17, 15) is 9.59 Å². The second-order valence-corrected chi connectivity index (χ2v) is 9.92. The van der Waals surface area contributed by atoms with E-state index in [1.807, 2.05) is 11.9 Å². The van der Waals surface area contributed by atoms with Crippen LogP contribution in [0.1, 0.15) is 64.2 Å². The minimum atomic E-state index is -0.0938. The van der Waals surface area contributed by atoms with Gasteiger partial charge in [0.1, 0.15) is 0 Å². The van der Waals surface area contributed by atoms with Gasteiger partial charge in [-0.05, 0) is 95.1 Å². The van der Waals surface area contributed by atoms with Crippen molar-refractivity contribution >= 4 is 24.2 Å². The second-order valence-electron chi connectivity index (χ2n) is 9.92. The molecule has 1 aliphatic heterocycles. The Balaban J connectivity index is 0.00000225. The number of piperidine rings is 1. The van der Waals surface area contributed by atoms with Gasteiger partial charge in [0, 0.05) is 31.5 Å². The van der Waals surface area contributed by atoms with Gasteiger partial charge in [-0.1, -0.05) is 0 Å². The van der Waals surface area contributed by atoms with Crippen molar-refractivity contribution in [2.45, 2.75) is 64.2 Å². The molecule has 0 spiro atoms. The predicted octanol–water partition coefficient (Wildman–Crippen LogP) is 2.98. The van der Waals surface area contributed by atoms with E-state index in [0.717, 1.165) is 75.4 Å². The Hall–Kier alpha value is -0.810. The number of nitrogens with one attached hydrogen (secondary N) is 2. The summed E-state index contributed by atoms with van der Waals surface area (Å²) in [5.41, 5.74) is -0.0938. The van der Waals surface area contributed by atoms with Crippen LogP contribution in [-0.2, 0) is 9.59 Å². The van der Waals surface area contributed by atoms with Crippen molar-refractivity contribution in [2.24, 2.45) is 29.1 Å². The Morgan fingerprint density at radius 3 is 2.07 bits per heavy atom. The molecule has 4 saturated carbocycles. The molecule has 5 fully saturated rings. The molecule has 2 N–H and O–H groups in total. The highest BCUT2D eigenvalue weighted by atomic mass is 35.5. The Morgan fingerprint density at radius 1 is 0.964 bits per heavy atom. The van der Waals surface area contributed by atoms with Gasteiger partial charge in [-0.2, -0.15) is 0 Å². The fourth-order valence-corrected chi connectivity index (χ4v) is 6.84. The molecular weight excluding hydrogens is 374 g/mol. The third-order valence-electron chi connectivity index (χ3n) is 7.91. The Bertz CT molecular complexity index is 525. The van der Waals surface area contributed by atoms with Gasteiger partial charge in [0.15, 0.2) is 0 Å². The molecule has 0 radical (unpaired) electrons. The van der Waals surface area contributed by atoms with Crippen molar-refractivity contribution < 1.29 is 9.59 Å². The minimum absolute atomic E-state index is 0. The summed E-state index contributed by atoms with van der Waals surface area (Å²) < 4.78 is 0. The summed E-state index contributed by atoms with van der Waals surface area (Å²) >= 11 is 0. The fraction of sp³-hybridized carbons (Fsp3) is 0.909. The van der Waals surface area contributed by atoms with Crippen LogP contribution >= 0.6 is 12.4 Å². The summed E-state index contributed by atoms with van der Waals surface area (Å²) in [6.45, 7) is 3.35. The number of nitrogens with zero attached hydrogens (tertiary/aromatic N) is 1. The zero-order valence-electron chi connectivity index (χ0n) is 17.4. The molecule has 0 unspecified atom stereocenters. The maximum atomic E-state index is 13.0. The number of rotatable bonds is 7. The van der Waals surface area contributed by atoms with Gasteiger partial charge in [-0.15, -0.1) is 12.4 Å². The summed E-state index contributed by atoms with van der Waals surface area (Å²) in [5.74, 6) is 3.57. The molecule has 0 aromatic rings. The first-order valence-corrected chi connectivity index (χ1v) is 11.3. The first-order valence-electron chi connectivity index (χ1n) is 11.3. The highest BCUT2D eigenvalue weighted by Gasteiger charge is 2.54. The minimum Gasteiger partial charge on any atom is -0.355 e. The van der Waals surface area contributed by atoms with E-state index in [-0.39, 0.29) is 29.6 Å². The average Bonchev–Trinajstić information content (AvgIpc) is 2.65. The Labute approximate surface area is 176 Å². The number of carbonyl (C=O) groups is 2. The van der Waals surface area contributed by atoms with Gasteiger partial charge in [-0.3, -0.25) is 9.59 Å². The number of likely N-dealkylation sites (tertiary alicyclic amines) is 1. The molecule has 5 rings (SSSR count). The quantitative estimate of drug-likeness (QED) is 0.677. The summed E-state index contributed by atoms with van der Waals surface area (Å²) in [6.07, 6.45) is 11.3. The van der Waals surface area contributed by atoms with Gasteiger partial charge in [0.05, 0.1) is 0 Å². The second kappa shape index (κ2) is 9.34. The lowest BCUT2D eigenvalue weighted by atomic mass is 9.49. The van der Waals surface area contributed by atoms with Crippen LogP contribution < -0.4 is 10.6 Å². The van der Waals surface area contributed by atoms with E-state index in [4.69, 9.17) is 0 Å². The molecule has 0 aromatic heterocycles. The zero-order chi connectivity index (χ0) is 18.9. The molecule has 6 heteroatoms. The molecule has 28 heavy (non-hydrogen) atoms. The van der Waals surface area contributed by atoms with Gasteiger partial charge in [0.2, 0.25) is 11.8 Å². The van der Waals surface area contributed by atoms with E-state index >= 15 is 0 Å². The van der Waals surface area contributed by atoms with Crippen LogP contribution in [0, 0.1) is 29.1 Å². The maximum absolute atomic E-state index is 13.0. The number of halogens is 1. The molecule has 0 atom stereocenters. The summed E-state index contributed by atoms with van der Waals surface area (Å²) in [5, 5.41) is 6.37.